The predicted molar refractivity (Wildman–Crippen MR) is 78.8 cm³/mol. The van der Waals surface area contributed by atoms with Crippen molar-refractivity contribution in [2.45, 2.75) is 38.3 Å². The van der Waals surface area contributed by atoms with Gasteiger partial charge in [-0.25, -0.2) is 0 Å². The highest BCUT2D eigenvalue weighted by atomic mass is 32.1. The van der Waals surface area contributed by atoms with E-state index in [2.05, 4.69) is 27.7 Å². The molecule has 2 rings (SSSR count). The third-order valence-electron chi connectivity index (χ3n) is 3.64. The molecule has 1 aliphatic rings. The van der Waals surface area contributed by atoms with Crippen molar-refractivity contribution in [3.8, 4) is 0 Å². The number of hydrogen-bond donors (Lipinski definition) is 1. The van der Waals surface area contributed by atoms with Gasteiger partial charge in [0.2, 0.25) is 0 Å². The van der Waals surface area contributed by atoms with Crippen LogP contribution in [0.4, 0.5) is 5.00 Å². The summed E-state index contributed by atoms with van der Waals surface area (Å²) in [5.41, 5.74) is 0. The summed E-state index contributed by atoms with van der Waals surface area (Å²) >= 11 is 1.79. The molecule has 0 aromatic carbocycles. The largest absolute Gasteiger partial charge is 0.468 e. The van der Waals surface area contributed by atoms with E-state index in [1.54, 1.807) is 11.3 Å². The van der Waals surface area contributed by atoms with Gasteiger partial charge in [-0.3, -0.25) is 4.79 Å². The predicted octanol–water partition coefficient (Wildman–Crippen LogP) is 2.26. The number of thiophene rings is 1. The standard InChI is InChI=1S/C14H22N2O2S/c1-3-12(14(17)18-2)15-11-6-8-16(9-7-11)13-5-4-10-19-13/h4-5,10-12,15H,3,6-9H2,1-2H3/t12-/m1/s1. The van der Waals surface area contributed by atoms with E-state index in [4.69, 9.17) is 4.74 Å². The number of esters is 1. The van der Waals surface area contributed by atoms with E-state index >= 15 is 0 Å². The molecule has 0 radical (unpaired) electrons. The number of methoxy groups -OCH3 is 1. The summed E-state index contributed by atoms with van der Waals surface area (Å²) in [4.78, 5) is 14.0. The van der Waals surface area contributed by atoms with Crippen LogP contribution in [0.2, 0.25) is 0 Å². The Morgan fingerprint density at radius 1 is 1.58 bits per heavy atom. The molecule has 0 spiro atoms. The molecule has 5 heteroatoms. The third-order valence-corrected chi connectivity index (χ3v) is 4.57. The number of carbonyl (C=O) groups is 1. The smallest absolute Gasteiger partial charge is 0.322 e. The quantitative estimate of drug-likeness (QED) is 0.841. The lowest BCUT2D eigenvalue weighted by Crippen LogP contribution is -2.48. The van der Waals surface area contributed by atoms with E-state index in [1.807, 2.05) is 6.92 Å². The number of carbonyl (C=O) groups excluding carboxylic acids is 1. The number of nitrogens with zero attached hydrogens (tertiary/aromatic N) is 1. The fraction of sp³-hybridized carbons (Fsp3) is 0.643. The van der Waals surface area contributed by atoms with Crippen LogP contribution in [0.1, 0.15) is 26.2 Å². The number of nitrogens with one attached hydrogen (secondary N) is 1. The maximum absolute atomic E-state index is 11.6. The Hall–Kier alpha value is -1.07. The zero-order valence-corrected chi connectivity index (χ0v) is 12.4. The van der Waals surface area contributed by atoms with Gasteiger partial charge >= 0.3 is 5.97 Å². The van der Waals surface area contributed by atoms with Crippen molar-refractivity contribution in [3.63, 3.8) is 0 Å². The lowest BCUT2D eigenvalue weighted by atomic mass is 10.0. The Labute approximate surface area is 118 Å². The van der Waals surface area contributed by atoms with Gasteiger partial charge in [-0.1, -0.05) is 6.92 Å². The molecule has 1 N–H and O–H groups in total. The first-order chi connectivity index (χ1) is 9.24. The summed E-state index contributed by atoms with van der Waals surface area (Å²) in [7, 11) is 1.45. The van der Waals surface area contributed by atoms with E-state index in [-0.39, 0.29) is 12.0 Å². The third kappa shape index (κ3) is 3.70. The minimum atomic E-state index is -0.164. The molecule has 1 aromatic heterocycles. The lowest BCUT2D eigenvalue weighted by molar-refractivity contribution is -0.143. The number of anilines is 1. The van der Waals surface area contributed by atoms with Crippen molar-refractivity contribution in [1.29, 1.82) is 0 Å². The Morgan fingerprint density at radius 2 is 2.32 bits per heavy atom. The second kappa shape index (κ2) is 6.91. The highest BCUT2D eigenvalue weighted by molar-refractivity contribution is 7.14. The molecule has 1 aliphatic heterocycles. The SMILES string of the molecule is CC[C@@H](NC1CCN(c2cccs2)CC1)C(=O)OC. The lowest BCUT2D eigenvalue weighted by Gasteiger charge is -2.34. The van der Waals surface area contributed by atoms with E-state index in [0.29, 0.717) is 6.04 Å². The van der Waals surface area contributed by atoms with Crippen molar-refractivity contribution in [1.82, 2.24) is 5.32 Å². The van der Waals surface area contributed by atoms with Crippen LogP contribution in [0.5, 0.6) is 0 Å². The van der Waals surface area contributed by atoms with Gasteiger partial charge in [0.15, 0.2) is 0 Å². The summed E-state index contributed by atoms with van der Waals surface area (Å²) in [6.45, 7) is 4.11. The van der Waals surface area contributed by atoms with E-state index in [9.17, 15) is 4.79 Å². The Balaban J connectivity index is 1.81. The van der Waals surface area contributed by atoms with Crippen molar-refractivity contribution in [2.24, 2.45) is 0 Å². The van der Waals surface area contributed by atoms with Gasteiger partial charge in [0, 0.05) is 19.1 Å². The summed E-state index contributed by atoms with van der Waals surface area (Å²) in [6, 6.07) is 4.51. The maximum Gasteiger partial charge on any atom is 0.322 e. The van der Waals surface area contributed by atoms with Gasteiger partial charge in [-0.05, 0) is 36.8 Å². The van der Waals surface area contributed by atoms with Crippen LogP contribution in [-0.4, -0.2) is 38.3 Å². The van der Waals surface area contributed by atoms with Gasteiger partial charge in [0.05, 0.1) is 12.1 Å². The molecule has 0 saturated carbocycles. The second-order valence-electron chi connectivity index (χ2n) is 4.86. The van der Waals surface area contributed by atoms with Gasteiger partial charge in [0.1, 0.15) is 6.04 Å². The van der Waals surface area contributed by atoms with Crippen molar-refractivity contribution >= 4 is 22.3 Å². The van der Waals surface area contributed by atoms with Crippen LogP contribution >= 0.6 is 11.3 Å². The molecule has 0 bridgehead atoms. The highest BCUT2D eigenvalue weighted by Crippen LogP contribution is 2.25. The first-order valence-corrected chi connectivity index (χ1v) is 7.75. The molecule has 19 heavy (non-hydrogen) atoms. The zero-order valence-electron chi connectivity index (χ0n) is 11.6. The Bertz CT molecular complexity index is 386. The molecular weight excluding hydrogens is 260 g/mol. The van der Waals surface area contributed by atoms with Crippen molar-refractivity contribution in [2.75, 3.05) is 25.1 Å². The molecule has 1 fully saturated rings. The fourth-order valence-corrected chi connectivity index (χ4v) is 3.28. The van der Waals surface area contributed by atoms with E-state index < -0.39 is 0 Å². The van der Waals surface area contributed by atoms with Gasteiger partial charge in [-0.2, -0.15) is 0 Å². The van der Waals surface area contributed by atoms with E-state index in [0.717, 1.165) is 32.4 Å². The average Bonchev–Trinajstić information content (AvgIpc) is 2.98. The van der Waals surface area contributed by atoms with Crippen LogP contribution in [-0.2, 0) is 9.53 Å². The molecule has 0 unspecified atom stereocenters. The zero-order chi connectivity index (χ0) is 13.7. The topological polar surface area (TPSA) is 41.6 Å². The summed E-state index contributed by atoms with van der Waals surface area (Å²) in [5.74, 6) is -0.150. The summed E-state index contributed by atoms with van der Waals surface area (Å²) in [6.07, 6.45) is 2.93. The molecule has 0 amide bonds. The molecule has 1 atom stereocenters. The summed E-state index contributed by atoms with van der Waals surface area (Å²) < 4.78 is 4.81. The number of hydrogen-bond acceptors (Lipinski definition) is 5. The fourth-order valence-electron chi connectivity index (χ4n) is 2.50. The number of rotatable bonds is 5. The molecule has 106 valence electrons. The van der Waals surface area contributed by atoms with E-state index in [1.165, 1.54) is 12.1 Å². The van der Waals surface area contributed by atoms with Gasteiger partial charge < -0.3 is 15.0 Å². The number of ether oxygens (including phenoxy) is 1. The first kappa shape index (κ1) is 14.3. The highest BCUT2D eigenvalue weighted by Gasteiger charge is 2.25. The summed E-state index contributed by atoms with van der Waals surface area (Å²) in [5, 5.41) is 6.89. The Morgan fingerprint density at radius 3 is 2.84 bits per heavy atom. The minimum Gasteiger partial charge on any atom is -0.468 e. The molecule has 0 aliphatic carbocycles. The second-order valence-corrected chi connectivity index (χ2v) is 5.79. The van der Waals surface area contributed by atoms with Crippen LogP contribution in [0.15, 0.2) is 17.5 Å². The molecule has 1 saturated heterocycles. The monoisotopic (exact) mass is 282 g/mol. The normalized spacial score (nSPS) is 18.3. The maximum atomic E-state index is 11.6. The average molecular weight is 282 g/mol. The molecular formula is C14H22N2O2S. The molecule has 4 nitrogen and oxygen atoms in total. The molecule has 2 heterocycles. The van der Waals surface area contributed by atoms with Gasteiger partial charge in [-0.15, -0.1) is 11.3 Å². The van der Waals surface area contributed by atoms with Crippen molar-refractivity contribution in [3.05, 3.63) is 17.5 Å². The van der Waals surface area contributed by atoms with Crippen LogP contribution < -0.4 is 10.2 Å². The number of piperidine rings is 1. The van der Waals surface area contributed by atoms with Crippen LogP contribution in [0, 0.1) is 0 Å². The van der Waals surface area contributed by atoms with Gasteiger partial charge in [0.25, 0.3) is 0 Å². The molecule has 1 aromatic rings. The van der Waals surface area contributed by atoms with Crippen LogP contribution in [0.25, 0.3) is 0 Å². The first-order valence-electron chi connectivity index (χ1n) is 6.87. The minimum absolute atomic E-state index is 0.150. The Kier molecular flexibility index (Phi) is 5.22. The van der Waals surface area contributed by atoms with Crippen LogP contribution in [0.3, 0.4) is 0 Å². The van der Waals surface area contributed by atoms with Crippen molar-refractivity contribution < 1.29 is 9.53 Å².